The maximum absolute atomic E-state index is 12.0. The molecule has 0 atom stereocenters. The molecule has 160 valence electrons. The molecule has 30 heavy (non-hydrogen) atoms. The van der Waals surface area contributed by atoms with Gasteiger partial charge >= 0.3 is 0 Å². The van der Waals surface area contributed by atoms with E-state index in [1.807, 2.05) is 25.1 Å². The molecule has 0 heterocycles. The number of hydrogen-bond donors (Lipinski definition) is 2. The molecule has 0 aliphatic rings. The number of amides is 2. The summed E-state index contributed by atoms with van der Waals surface area (Å²) in [4.78, 5) is 24.0. The van der Waals surface area contributed by atoms with Gasteiger partial charge in [-0.05, 0) is 55.8 Å². The largest absolute Gasteiger partial charge is 0.494 e. The number of ether oxygens (including phenoxy) is 2. The average Bonchev–Trinajstić information content (AvgIpc) is 2.71. The van der Waals surface area contributed by atoms with E-state index in [0.717, 1.165) is 22.9 Å². The first kappa shape index (κ1) is 23.4. The number of hydrazone groups is 1. The molecule has 0 aliphatic heterocycles. The van der Waals surface area contributed by atoms with Gasteiger partial charge in [0.05, 0.1) is 19.4 Å². The summed E-state index contributed by atoms with van der Waals surface area (Å²) in [7, 11) is 0. The predicted octanol–water partition coefficient (Wildman–Crippen LogP) is 4.51. The molecule has 0 bridgehead atoms. The zero-order valence-electron chi connectivity index (χ0n) is 17.1. The van der Waals surface area contributed by atoms with Crippen molar-refractivity contribution in [2.75, 3.05) is 18.5 Å². The van der Waals surface area contributed by atoms with Gasteiger partial charge in [0.25, 0.3) is 0 Å². The van der Waals surface area contributed by atoms with E-state index in [1.54, 1.807) is 24.3 Å². The second-order valence-electron chi connectivity index (χ2n) is 6.36. The molecule has 2 aromatic rings. The lowest BCUT2D eigenvalue weighted by molar-refractivity contribution is -0.126. The van der Waals surface area contributed by atoms with Crippen molar-refractivity contribution in [3.63, 3.8) is 0 Å². The van der Waals surface area contributed by atoms with Gasteiger partial charge in [-0.25, -0.2) is 5.43 Å². The minimum Gasteiger partial charge on any atom is -0.494 e. The number of nitrogens with one attached hydrogen (secondary N) is 2. The number of benzene rings is 2. The molecule has 0 aromatic heterocycles. The Bertz CT molecular complexity index is 869. The molecule has 0 saturated heterocycles. The highest BCUT2D eigenvalue weighted by atomic mass is 79.9. The van der Waals surface area contributed by atoms with Crippen molar-refractivity contribution < 1.29 is 19.1 Å². The highest BCUT2D eigenvalue weighted by Gasteiger charge is 2.09. The van der Waals surface area contributed by atoms with Crippen LogP contribution in [0.25, 0.3) is 0 Å². The molecule has 7 nitrogen and oxygen atoms in total. The molecule has 0 radical (unpaired) electrons. The van der Waals surface area contributed by atoms with E-state index in [1.165, 1.54) is 6.21 Å². The van der Waals surface area contributed by atoms with Crippen LogP contribution in [0.2, 0.25) is 0 Å². The Labute approximate surface area is 185 Å². The first-order valence-electron chi connectivity index (χ1n) is 9.78. The van der Waals surface area contributed by atoms with Crippen molar-refractivity contribution >= 4 is 39.6 Å². The molecule has 0 fully saturated rings. The van der Waals surface area contributed by atoms with Crippen LogP contribution in [-0.2, 0) is 9.59 Å². The van der Waals surface area contributed by atoms with Crippen molar-refractivity contribution in [1.82, 2.24) is 5.43 Å². The van der Waals surface area contributed by atoms with Gasteiger partial charge < -0.3 is 14.8 Å². The number of carbonyl (C=O) groups excluding carboxylic acids is 2. The second kappa shape index (κ2) is 12.6. The number of hydrogen-bond acceptors (Lipinski definition) is 5. The molecule has 0 aliphatic carbocycles. The van der Waals surface area contributed by atoms with Crippen molar-refractivity contribution in [3.8, 4) is 11.5 Å². The fraction of sp³-hybridized carbons (Fsp3) is 0.318. The van der Waals surface area contributed by atoms with Gasteiger partial charge in [-0.2, -0.15) is 5.10 Å². The lowest BCUT2D eigenvalue weighted by atomic mass is 10.2. The zero-order chi connectivity index (χ0) is 21.8. The normalized spacial score (nSPS) is 10.6. The smallest absolute Gasteiger partial charge is 0.249 e. The lowest BCUT2D eigenvalue weighted by Gasteiger charge is -2.09. The van der Waals surface area contributed by atoms with Crippen molar-refractivity contribution in [2.24, 2.45) is 5.10 Å². The van der Waals surface area contributed by atoms with Crippen LogP contribution in [0.4, 0.5) is 5.69 Å². The molecule has 2 rings (SSSR count). The minimum absolute atomic E-state index is 0.344. The van der Waals surface area contributed by atoms with Gasteiger partial charge in [0, 0.05) is 15.7 Å². The molecule has 0 spiro atoms. The summed E-state index contributed by atoms with van der Waals surface area (Å²) in [5, 5.41) is 6.60. The minimum atomic E-state index is -0.516. The van der Waals surface area contributed by atoms with Crippen LogP contribution in [0.3, 0.4) is 0 Å². The van der Waals surface area contributed by atoms with Crippen molar-refractivity contribution in [1.29, 1.82) is 0 Å². The Morgan fingerprint density at radius 1 is 1.07 bits per heavy atom. The highest BCUT2D eigenvalue weighted by Crippen LogP contribution is 2.22. The predicted molar refractivity (Wildman–Crippen MR) is 121 cm³/mol. The van der Waals surface area contributed by atoms with E-state index >= 15 is 0 Å². The Balaban J connectivity index is 1.85. The average molecular weight is 476 g/mol. The molecule has 2 aromatic carbocycles. The number of unbranched alkanes of at least 4 members (excludes halogenated alkanes) is 1. The summed E-state index contributed by atoms with van der Waals surface area (Å²) in [5.41, 5.74) is 3.67. The standard InChI is InChI=1S/C22H26BrN3O4/c1-3-5-12-30-20-11-6-17(23)13-16(20)15-24-26-22(28)14-21(27)25-18-7-9-19(10-8-18)29-4-2/h6-11,13,15H,3-5,12,14H2,1-2H3,(H,25,27)(H,26,28). The molecule has 0 unspecified atom stereocenters. The van der Waals surface area contributed by atoms with Crippen molar-refractivity contribution in [3.05, 3.63) is 52.5 Å². The number of carbonyl (C=O) groups is 2. The molecular weight excluding hydrogens is 450 g/mol. The lowest BCUT2D eigenvalue weighted by Crippen LogP contribution is -2.24. The first-order valence-corrected chi connectivity index (χ1v) is 10.6. The fourth-order valence-electron chi connectivity index (χ4n) is 2.44. The van der Waals surface area contributed by atoms with Crippen LogP contribution in [0.15, 0.2) is 52.0 Å². The molecular formula is C22H26BrN3O4. The van der Waals surface area contributed by atoms with Crippen LogP contribution in [0.1, 0.15) is 38.7 Å². The maximum atomic E-state index is 12.0. The van der Waals surface area contributed by atoms with Crippen LogP contribution in [0.5, 0.6) is 11.5 Å². The van der Waals surface area contributed by atoms with E-state index in [2.05, 4.69) is 38.7 Å². The van der Waals surface area contributed by atoms with Gasteiger partial charge in [0.1, 0.15) is 17.9 Å². The van der Waals surface area contributed by atoms with Crippen molar-refractivity contribution in [2.45, 2.75) is 33.1 Å². The van der Waals surface area contributed by atoms with Crippen LogP contribution in [0, 0.1) is 0 Å². The van der Waals surface area contributed by atoms with Crippen LogP contribution in [-0.4, -0.2) is 31.2 Å². The summed E-state index contributed by atoms with van der Waals surface area (Å²) < 4.78 is 12.0. The summed E-state index contributed by atoms with van der Waals surface area (Å²) in [6.07, 6.45) is 3.14. The summed E-state index contributed by atoms with van der Waals surface area (Å²) in [5.74, 6) is 0.446. The van der Waals surface area contributed by atoms with Gasteiger partial charge in [0.2, 0.25) is 11.8 Å². The highest BCUT2D eigenvalue weighted by molar-refractivity contribution is 9.10. The van der Waals surface area contributed by atoms with Gasteiger partial charge in [0.15, 0.2) is 0 Å². The number of nitrogens with zero attached hydrogens (tertiary/aromatic N) is 1. The third-order valence-corrected chi connectivity index (χ3v) is 4.38. The van der Waals surface area contributed by atoms with E-state index in [9.17, 15) is 9.59 Å². The van der Waals surface area contributed by atoms with Gasteiger partial charge in [-0.3, -0.25) is 9.59 Å². The monoisotopic (exact) mass is 475 g/mol. The maximum Gasteiger partial charge on any atom is 0.249 e. The number of anilines is 1. The summed E-state index contributed by atoms with van der Waals surface area (Å²) >= 11 is 3.41. The SMILES string of the molecule is CCCCOc1ccc(Br)cc1C=NNC(=O)CC(=O)Nc1ccc(OCC)cc1. The Morgan fingerprint density at radius 2 is 1.83 bits per heavy atom. The summed E-state index contributed by atoms with van der Waals surface area (Å²) in [6.45, 7) is 5.17. The van der Waals surface area contributed by atoms with Gasteiger partial charge in [-0.15, -0.1) is 0 Å². The zero-order valence-corrected chi connectivity index (χ0v) is 18.7. The van der Waals surface area contributed by atoms with E-state index in [0.29, 0.717) is 30.4 Å². The Kier molecular flexibility index (Phi) is 9.86. The first-order chi connectivity index (χ1) is 14.5. The topological polar surface area (TPSA) is 89.0 Å². The molecule has 8 heteroatoms. The van der Waals surface area contributed by atoms with Crippen LogP contribution < -0.4 is 20.2 Å². The Hall–Kier alpha value is -2.87. The van der Waals surface area contributed by atoms with Crippen LogP contribution >= 0.6 is 15.9 Å². The third-order valence-electron chi connectivity index (χ3n) is 3.89. The molecule has 2 amide bonds. The molecule has 2 N–H and O–H groups in total. The van der Waals surface area contributed by atoms with E-state index in [4.69, 9.17) is 9.47 Å². The van der Waals surface area contributed by atoms with E-state index in [-0.39, 0.29) is 6.42 Å². The second-order valence-corrected chi connectivity index (χ2v) is 7.28. The van der Waals surface area contributed by atoms with E-state index < -0.39 is 11.8 Å². The third kappa shape index (κ3) is 8.24. The molecule has 0 saturated carbocycles. The quantitative estimate of drug-likeness (QED) is 0.216. The van der Waals surface area contributed by atoms with Gasteiger partial charge in [-0.1, -0.05) is 29.3 Å². The number of rotatable bonds is 11. The summed E-state index contributed by atoms with van der Waals surface area (Å²) in [6, 6.07) is 12.5. The Morgan fingerprint density at radius 3 is 2.53 bits per heavy atom. The number of halogens is 1. The fourth-order valence-corrected chi connectivity index (χ4v) is 2.82.